The standard InChI is InChI=1S/C20H29N3O3/c1-7-8-23-14(4)9-17(16(23)6)10-18(11-21)20(25)26-12-19(24)22-15(5)13(2)3/h9-10,13,15H,7-8,12H2,1-6H3,(H,22,24)/b18-10+/t15-/m1/s1. The summed E-state index contributed by atoms with van der Waals surface area (Å²) in [5.41, 5.74) is 2.76. The molecular formula is C20H29N3O3. The smallest absolute Gasteiger partial charge is 0.349 e. The minimum absolute atomic E-state index is 0.0175. The third kappa shape index (κ3) is 5.76. The molecule has 0 aromatic carbocycles. The van der Waals surface area contributed by atoms with Gasteiger partial charge in [0.1, 0.15) is 11.6 Å². The van der Waals surface area contributed by atoms with Gasteiger partial charge in [-0.15, -0.1) is 0 Å². The lowest BCUT2D eigenvalue weighted by Gasteiger charge is -2.17. The summed E-state index contributed by atoms with van der Waals surface area (Å²) in [6.07, 6.45) is 2.52. The lowest BCUT2D eigenvalue weighted by Crippen LogP contribution is -2.38. The van der Waals surface area contributed by atoms with E-state index in [0.717, 1.165) is 29.9 Å². The second-order valence-electron chi connectivity index (χ2n) is 6.82. The highest BCUT2D eigenvalue weighted by Gasteiger charge is 2.17. The van der Waals surface area contributed by atoms with Crippen molar-refractivity contribution in [2.24, 2.45) is 5.92 Å². The van der Waals surface area contributed by atoms with Gasteiger partial charge in [-0.25, -0.2) is 4.79 Å². The highest BCUT2D eigenvalue weighted by molar-refractivity contribution is 5.99. The number of carbonyl (C=O) groups excluding carboxylic acids is 2. The molecule has 1 aromatic heterocycles. The van der Waals surface area contributed by atoms with Gasteiger partial charge in [0.05, 0.1) is 0 Å². The van der Waals surface area contributed by atoms with Crippen LogP contribution in [0.5, 0.6) is 0 Å². The van der Waals surface area contributed by atoms with E-state index < -0.39 is 12.6 Å². The number of ether oxygens (including phenoxy) is 1. The number of hydrogen-bond acceptors (Lipinski definition) is 4. The van der Waals surface area contributed by atoms with Gasteiger partial charge in [0.15, 0.2) is 6.61 Å². The van der Waals surface area contributed by atoms with E-state index in [2.05, 4.69) is 16.8 Å². The maximum atomic E-state index is 12.1. The molecule has 6 heteroatoms. The summed E-state index contributed by atoms with van der Waals surface area (Å²) in [6, 6.07) is 3.79. The van der Waals surface area contributed by atoms with Crippen molar-refractivity contribution in [3.8, 4) is 6.07 Å². The molecule has 6 nitrogen and oxygen atoms in total. The molecule has 1 N–H and O–H groups in total. The molecule has 1 aromatic rings. The number of amides is 1. The molecule has 0 saturated carbocycles. The summed E-state index contributed by atoms with van der Waals surface area (Å²) in [5, 5.41) is 12.0. The summed E-state index contributed by atoms with van der Waals surface area (Å²) in [5.74, 6) is -0.888. The fourth-order valence-electron chi connectivity index (χ4n) is 2.51. The molecule has 0 unspecified atom stereocenters. The number of nitrogens with one attached hydrogen (secondary N) is 1. The van der Waals surface area contributed by atoms with E-state index in [1.165, 1.54) is 6.08 Å². The van der Waals surface area contributed by atoms with E-state index in [1.807, 2.05) is 46.8 Å². The Morgan fingerprint density at radius 1 is 1.35 bits per heavy atom. The normalized spacial score (nSPS) is 12.6. The largest absolute Gasteiger partial charge is 0.451 e. The van der Waals surface area contributed by atoms with Crippen LogP contribution in [-0.2, 0) is 20.9 Å². The summed E-state index contributed by atoms with van der Waals surface area (Å²) >= 11 is 0. The van der Waals surface area contributed by atoms with Crippen LogP contribution >= 0.6 is 0 Å². The number of rotatable bonds is 8. The van der Waals surface area contributed by atoms with Crippen molar-refractivity contribution < 1.29 is 14.3 Å². The van der Waals surface area contributed by atoms with Crippen LogP contribution in [0.3, 0.4) is 0 Å². The molecule has 1 atom stereocenters. The van der Waals surface area contributed by atoms with Crippen LogP contribution in [0.1, 0.15) is 51.1 Å². The van der Waals surface area contributed by atoms with Crippen LogP contribution in [0.25, 0.3) is 6.08 Å². The number of nitrogens with zero attached hydrogens (tertiary/aromatic N) is 2. The lowest BCUT2D eigenvalue weighted by atomic mass is 10.1. The van der Waals surface area contributed by atoms with Crippen LogP contribution < -0.4 is 5.32 Å². The molecule has 0 bridgehead atoms. The number of aromatic nitrogens is 1. The van der Waals surface area contributed by atoms with E-state index in [4.69, 9.17) is 4.74 Å². The van der Waals surface area contributed by atoms with Crippen molar-refractivity contribution >= 4 is 18.0 Å². The Kier molecular flexibility index (Phi) is 8.11. The molecule has 0 spiro atoms. The second kappa shape index (κ2) is 9.81. The minimum Gasteiger partial charge on any atom is -0.451 e. The number of hydrogen-bond donors (Lipinski definition) is 1. The number of aryl methyl sites for hydroxylation is 1. The number of nitriles is 1. The fraction of sp³-hybridized carbons (Fsp3) is 0.550. The van der Waals surface area contributed by atoms with Gasteiger partial charge in [-0.05, 0) is 50.8 Å². The molecule has 0 fully saturated rings. The third-order valence-corrected chi connectivity index (χ3v) is 4.42. The Labute approximate surface area is 155 Å². The molecule has 142 valence electrons. The summed E-state index contributed by atoms with van der Waals surface area (Å²) in [4.78, 5) is 23.9. The zero-order chi connectivity index (χ0) is 19.9. The molecular weight excluding hydrogens is 330 g/mol. The maximum absolute atomic E-state index is 12.1. The molecule has 1 rings (SSSR count). The second-order valence-corrected chi connectivity index (χ2v) is 6.82. The number of carbonyl (C=O) groups is 2. The highest BCUT2D eigenvalue weighted by Crippen LogP contribution is 2.19. The topological polar surface area (TPSA) is 84.1 Å². The lowest BCUT2D eigenvalue weighted by molar-refractivity contribution is -0.144. The van der Waals surface area contributed by atoms with Crippen molar-refractivity contribution in [1.29, 1.82) is 5.26 Å². The van der Waals surface area contributed by atoms with Gasteiger partial charge in [0.25, 0.3) is 5.91 Å². The van der Waals surface area contributed by atoms with Crippen molar-refractivity contribution in [3.63, 3.8) is 0 Å². The monoisotopic (exact) mass is 359 g/mol. The van der Waals surface area contributed by atoms with Gasteiger partial charge in [0, 0.05) is 24.0 Å². The Morgan fingerprint density at radius 3 is 2.54 bits per heavy atom. The first-order valence-corrected chi connectivity index (χ1v) is 8.96. The predicted molar refractivity (Wildman–Crippen MR) is 101 cm³/mol. The first-order chi connectivity index (χ1) is 12.2. The van der Waals surface area contributed by atoms with Gasteiger partial charge in [-0.3, -0.25) is 4.79 Å². The predicted octanol–water partition coefficient (Wildman–Crippen LogP) is 3.13. The van der Waals surface area contributed by atoms with E-state index >= 15 is 0 Å². The highest BCUT2D eigenvalue weighted by atomic mass is 16.5. The maximum Gasteiger partial charge on any atom is 0.349 e. The zero-order valence-corrected chi connectivity index (χ0v) is 16.5. The number of esters is 1. The van der Waals surface area contributed by atoms with Crippen LogP contribution in [0.4, 0.5) is 0 Å². The van der Waals surface area contributed by atoms with Crippen LogP contribution in [-0.4, -0.2) is 29.1 Å². The van der Waals surface area contributed by atoms with Crippen LogP contribution in [0, 0.1) is 31.1 Å². The average molecular weight is 359 g/mol. The zero-order valence-electron chi connectivity index (χ0n) is 16.5. The van der Waals surface area contributed by atoms with Crippen molar-refractivity contribution in [3.05, 3.63) is 28.6 Å². The summed E-state index contributed by atoms with van der Waals surface area (Å²) in [6.45, 7) is 12.4. The Morgan fingerprint density at radius 2 is 2.00 bits per heavy atom. The molecule has 0 aliphatic heterocycles. The van der Waals surface area contributed by atoms with E-state index in [0.29, 0.717) is 0 Å². The van der Waals surface area contributed by atoms with Gasteiger partial charge in [-0.2, -0.15) is 5.26 Å². The van der Waals surface area contributed by atoms with E-state index in [-0.39, 0.29) is 23.4 Å². The molecule has 1 amide bonds. The van der Waals surface area contributed by atoms with Gasteiger partial charge < -0.3 is 14.6 Å². The first kappa shape index (κ1) is 21.5. The molecule has 0 aliphatic rings. The Hall–Kier alpha value is -2.55. The van der Waals surface area contributed by atoms with Gasteiger partial charge in [-0.1, -0.05) is 20.8 Å². The van der Waals surface area contributed by atoms with Gasteiger partial charge in [0.2, 0.25) is 0 Å². The quantitative estimate of drug-likeness (QED) is 0.439. The Bertz CT molecular complexity index is 723. The summed E-state index contributed by atoms with van der Waals surface area (Å²) < 4.78 is 7.13. The SMILES string of the molecule is CCCn1c(C)cc(/C=C(\C#N)C(=O)OCC(=O)N[C@H](C)C(C)C)c1C. The minimum atomic E-state index is -0.792. The molecule has 26 heavy (non-hydrogen) atoms. The summed E-state index contributed by atoms with van der Waals surface area (Å²) in [7, 11) is 0. The van der Waals surface area contributed by atoms with Crippen molar-refractivity contribution in [2.75, 3.05) is 6.61 Å². The van der Waals surface area contributed by atoms with Crippen molar-refractivity contribution in [2.45, 2.75) is 60.5 Å². The Balaban J connectivity index is 2.81. The van der Waals surface area contributed by atoms with Gasteiger partial charge >= 0.3 is 5.97 Å². The fourth-order valence-corrected chi connectivity index (χ4v) is 2.51. The average Bonchev–Trinajstić information content (AvgIpc) is 2.85. The molecule has 0 saturated heterocycles. The molecule has 0 radical (unpaired) electrons. The van der Waals surface area contributed by atoms with E-state index in [9.17, 15) is 14.9 Å². The first-order valence-electron chi connectivity index (χ1n) is 8.96. The third-order valence-electron chi connectivity index (χ3n) is 4.42. The van der Waals surface area contributed by atoms with Crippen LogP contribution in [0.2, 0.25) is 0 Å². The van der Waals surface area contributed by atoms with Crippen molar-refractivity contribution in [1.82, 2.24) is 9.88 Å². The molecule has 1 heterocycles. The van der Waals surface area contributed by atoms with Crippen LogP contribution in [0.15, 0.2) is 11.6 Å². The van der Waals surface area contributed by atoms with E-state index in [1.54, 1.807) is 0 Å². The molecule has 0 aliphatic carbocycles.